The minimum absolute atomic E-state index is 0.187. The van der Waals surface area contributed by atoms with E-state index < -0.39 is 9.84 Å². The maximum Gasteiger partial charge on any atom is 0.166 e. The maximum atomic E-state index is 11.4. The van der Waals surface area contributed by atoms with Gasteiger partial charge in [0, 0.05) is 6.04 Å². The van der Waals surface area contributed by atoms with E-state index in [1.165, 1.54) is 0 Å². The monoisotopic (exact) mass is 248 g/mol. The van der Waals surface area contributed by atoms with E-state index >= 15 is 0 Å². The van der Waals surface area contributed by atoms with Gasteiger partial charge in [-0.2, -0.15) is 0 Å². The first kappa shape index (κ1) is 11.1. The highest BCUT2D eigenvalue weighted by molar-refractivity contribution is 7.91. The summed E-state index contributed by atoms with van der Waals surface area (Å²) in [6.45, 7) is 1.92. The summed E-state index contributed by atoms with van der Waals surface area (Å²) in [6, 6.07) is 0.506. The Kier molecular flexibility index (Phi) is 2.66. The Hall–Kier alpha value is -0.360. The summed E-state index contributed by atoms with van der Waals surface area (Å²) in [4.78, 5) is 0. The van der Waals surface area contributed by atoms with Crippen LogP contribution in [0, 0.1) is 0 Å². The Morgan fingerprint density at radius 1 is 1.47 bits per heavy atom. The molecule has 1 atom stereocenters. The van der Waals surface area contributed by atoms with Crippen LogP contribution in [0.4, 0.5) is 0 Å². The van der Waals surface area contributed by atoms with Gasteiger partial charge in [0.1, 0.15) is 0 Å². The average Bonchev–Trinajstić information content (AvgIpc) is 2.79. The molecule has 0 spiro atoms. The van der Waals surface area contributed by atoms with Crippen LogP contribution < -0.4 is 10.6 Å². The van der Waals surface area contributed by atoms with Crippen LogP contribution >= 0.6 is 12.2 Å². The first-order valence-electron chi connectivity index (χ1n) is 5.18. The van der Waals surface area contributed by atoms with Gasteiger partial charge in [0.25, 0.3) is 0 Å². The molecular weight excluding hydrogens is 232 g/mol. The van der Waals surface area contributed by atoms with Gasteiger partial charge in [-0.3, -0.25) is 0 Å². The standard InChI is InChI=1S/C9H16N2O2S2/c1-9(4-5-15(12,13)6-9)11-8(14)10-7-2-3-7/h7H,2-6H2,1H3,(H2,10,11,14). The highest BCUT2D eigenvalue weighted by atomic mass is 32.2. The molecule has 0 aromatic heterocycles. The molecule has 86 valence electrons. The third-order valence-corrected chi connectivity index (χ3v) is 4.95. The van der Waals surface area contributed by atoms with Gasteiger partial charge in [-0.1, -0.05) is 0 Å². The summed E-state index contributed by atoms with van der Waals surface area (Å²) in [5.41, 5.74) is -0.377. The molecule has 4 nitrogen and oxygen atoms in total. The van der Waals surface area contributed by atoms with Crippen molar-refractivity contribution in [3.8, 4) is 0 Å². The zero-order valence-electron chi connectivity index (χ0n) is 8.75. The SMILES string of the molecule is CC1(NC(=S)NC2CC2)CCS(=O)(=O)C1. The predicted molar refractivity (Wildman–Crippen MR) is 63.6 cm³/mol. The Bertz CT molecular complexity index is 376. The van der Waals surface area contributed by atoms with Crippen molar-refractivity contribution in [2.75, 3.05) is 11.5 Å². The lowest BCUT2D eigenvalue weighted by Gasteiger charge is -2.25. The van der Waals surface area contributed by atoms with Gasteiger partial charge in [0.15, 0.2) is 14.9 Å². The van der Waals surface area contributed by atoms with E-state index in [1.807, 2.05) is 6.92 Å². The van der Waals surface area contributed by atoms with Crippen molar-refractivity contribution >= 4 is 27.2 Å². The van der Waals surface area contributed by atoms with E-state index in [0.717, 1.165) is 12.8 Å². The zero-order chi connectivity index (χ0) is 11.1. The Balaban J connectivity index is 1.90. The summed E-state index contributed by atoms with van der Waals surface area (Å²) in [5.74, 6) is 0.453. The summed E-state index contributed by atoms with van der Waals surface area (Å²) >= 11 is 5.14. The van der Waals surface area contributed by atoms with Crippen molar-refractivity contribution in [1.82, 2.24) is 10.6 Å². The summed E-state index contributed by atoms with van der Waals surface area (Å²) in [5, 5.41) is 6.88. The molecule has 1 heterocycles. The average molecular weight is 248 g/mol. The van der Waals surface area contributed by atoms with Crippen LogP contribution in [-0.4, -0.2) is 36.6 Å². The predicted octanol–water partition coefficient (Wildman–Crippen LogP) is 0.190. The maximum absolute atomic E-state index is 11.4. The Morgan fingerprint density at radius 2 is 2.13 bits per heavy atom. The lowest BCUT2D eigenvalue weighted by molar-refractivity contribution is 0.468. The van der Waals surface area contributed by atoms with Crippen LogP contribution in [0.5, 0.6) is 0 Å². The van der Waals surface area contributed by atoms with Crippen LogP contribution in [0.2, 0.25) is 0 Å². The van der Waals surface area contributed by atoms with E-state index in [4.69, 9.17) is 12.2 Å². The van der Waals surface area contributed by atoms with Crippen LogP contribution in [0.3, 0.4) is 0 Å². The van der Waals surface area contributed by atoms with Gasteiger partial charge in [0.05, 0.1) is 17.0 Å². The Labute approximate surface area is 95.7 Å². The number of thiocarbonyl (C=S) groups is 1. The smallest absolute Gasteiger partial charge is 0.166 e. The molecule has 0 radical (unpaired) electrons. The van der Waals surface area contributed by atoms with Crippen molar-refractivity contribution < 1.29 is 8.42 Å². The molecule has 1 unspecified atom stereocenters. The minimum Gasteiger partial charge on any atom is -0.360 e. The van der Waals surface area contributed by atoms with Crippen LogP contribution in [0.1, 0.15) is 26.2 Å². The normalized spacial score (nSPS) is 33.7. The van der Waals surface area contributed by atoms with E-state index in [1.54, 1.807) is 0 Å². The highest BCUT2D eigenvalue weighted by Gasteiger charge is 2.39. The van der Waals surface area contributed by atoms with Gasteiger partial charge in [0.2, 0.25) is 0 Å². The fourth-order valence-electron chi connectivity index (χ4n) is 1.83. The largest absolute Gasteiger partial charge is 0.360 e. The molecule has 1 aliphatic carbocycles. The fourth-order valence-corrected chi connectivity index (χ4v) is 4.34. The van der Waals surface area contributed by atoms with Crippen molar-refractivity contribution in [2.24, 2.45) is 0 Å². The Morgan fingerprint density at radius 3 is 2.60 bits per heavy atom. The molecule has 0 amide bonds. The second kappa shape index (κ2) is 3.59. The minimum atomic E-state index is -2.86. The van der Waals surface area contributed by atoms with E-state index in [-0.39, 0.29) is 17.0 Å². The molecular formula is C9H16N2O2S2. The molecule has 1 saturated carbocycles. The second-order valence-corrected chi connectivity index (χ2v) is 7.37. The lowest BCUT2D eigenvalue weighted by atomic mass is 10.0. The third-order valence-electron chi connectivity index (χ3n) is 2.83. The number of hydrogen-bond donors (Lipinski definition) is 2. The highest BCUT2D eigenvalue weighted by Crippen LogP contribution is 2.23. The molecule has 2 fully saturated rings. The van der Waals surface area contributed by atoms with Crippen LogP contribution in [-0.2, 0) is 9.84 Å². The number of sulfone groups is 1. The lowest BCUT2D eigenvalue weighted by Crippen LogP contribution is -2.51. The molecule has 1 aliphatic heterocycles. The van der Waals surface area contributed by atoms with Crippen molar-refractivity contribution in [3.05, 3.63) is 0 Å². The zero-order valence-corrected chi connectivity index (χ0v) is 10.4. The number of rotatable bonds is 2. The third kappa shape index (κ3) is 3.04. The second-order valence-electron chi connectivity index (χ2n) is 4.78. The van der Waals surface area contributed by atoms with Gasteiger partial charge in [-0.05, 0) is 38.4 Å². The summed E-state index contributed by atoms with van der Waals surface area (Å²) in [6.07, 6.45) is 2.97. The molecule has 0 aromatic rings. The van der Waals surface area contributed by atoms with E-state index in [0.29, 0.717) is 17.6 Å². The van der Waals surface area contributed by atoms with Crippen molar-refractivity contribution in [2.45, 2.75) is 37.8 Å². The van der Waals surface area contributed by atoms with Gasteiger partial charge >= 0.3 is 0 Å². The van der Waals surface area contributed by atoms with Gasteiger partial charge in [-0.15, -0.1) is 0 Å². The summed E-state index contributed by atoms with van der Waals surface area (Å²) in [7, 11) is -2.86. The molecule has 1 saturated heterocycles. The molecule has 2 N–H and O–H groups in total. The quantitative estimate of drug-likeness (QED) is 0.683. The molecule has 2 aliphatic rings. The molecule has 6 heteroatoms. The van der Waals surface area contributed by atoms with E-state index in [9.17, 15) is 8.42 Å². The molecule has 2 rings (SSSR count). The van der Waals surface area contributed by atoms with Gasteiger partial charge in [-0.25, -0.2) is 8.42 Å². The first-order valence-corrected chi connectivity index (χ1v) is 7.41. The van der Waals surface area contributed by atoms with E-state index in [2.05, 4.69) is 10.6 Å². The first-order chi connectivity index (χ1) is 6.89. The van der Waals surface area contributed by atoms with Crippen molar-refractivity contribution in [1.29, 1.82) is 0 Å². The van der Waals surface area contributed by atoms with Gasteiger partial charge < -0.3 is 10.6 Å². The fraction of sp³-hybridized carbons (Fsp3) is 0.889. The van der Waals surface area contributed by atoms with Crippen molar-refractivity contribution in [3.63, 3.8) is 0 Å². The topological polar surface area (TPSA) is 58.2 Å². The molecule has 0 aromatic carbocycles. The van der Waals surface area contributed by atoms with Crippen LogP contribution in [0.25, 0.3) is 0 Å². The summed E-state index contributed by atoms with van der Waals surface area (Å²) < 4.78 is 22.7. The molecule has 0 bridgehead atoms. The van der Waals surface area contributed by atoms with Crippen LogP contribution in [0.15, 0.2) is 0 Å². The molecule has 15 heavy (non-hydrogen) atoms. The number of nitrogens with one attached hydrogen (secondary N) is 2. The number of hydrogen-bond acceptors (Lipinski definition) is 3.